The van der Waals surface area contributed by atoms with Crippen LogP contribution in [-0.2, 0) is 0 Å². The maximum absolute atomic E-state index is 4.26. The van der Waals surface area contributed by atoms with Crippen LogP contribution in [0.5, 0.6) is 0 Å². The molecule has 1 heterocycles. The Morgan fingerprint density at radius 2 is 1.82 bits per heavy atom. The van der Waals surface area contributed by atoms with Crippen LogP contribution in [-0.4, -0.2) is 16.4 Å². The Hall–Kier alpha value is -2.03. The van der Waals surface area contributed by atoms with Crippen LogP contribution < -0.4 is 0 Å². The Balaban J connectivity index is 2.12. The first kappa shape index (κ1) is 11.5. The van der Waals surface area contributed by atoms with E-state index < -0.39 is 0 Å². The lowest BCUT2D eigenvalue weighted by molar-refractivity contribution is 1.20. The van der Waals surface area contributed by atoms with Crippen molar-refractivity contribution in [2.75, 3.05) is 0 Å². The smallest absolute Gasteiger partial charge is 0.0673 e. The highest BCUT2D eigenvalue weighted by molar-refractivity contribution is 6.01. The van der Waals surface area contributed by atoms with Gasteiger partial charge in [-0.1, -0.05) is 18.2 Å². The second-order valence-electron chi connectivity index (χ2n) is 3.93. The lowest BCUT2D eigenvalue weighted by atomic mass is 10.1. The van der Waals surface area contributed by atoms with Gasteiger partial charge in [0.1, 0.15) is 0 Å². The topological polar surface area (TPSA) is 37.6 Å². The highest BCUT2D eigenvalue weighted by Crippen LogP contribution is 2.12. The summed E-state index contributed by atoms with van der Waals surface area (Å²) in [5, 5.41) is 8.51. The van der Waals surface area contributed by atoms with E-state index in [1.54, 1.807) is 12.4 Å². The Labute approximate surface area is 101 Å². The van der Waals surface area contributed by atoms with Gasteiger partial charge in [0.2, 0.25) is 0 Å². The molecule has 1 aromatic heterocycles. The molecule has 1 aromatic rings. The van der Waals surface area contributed by atoms with E-state index in [9.17, 15) is 0 Å². The summed E-state index contributed by atoms with van der Waals surface area (Å²) in [6.07, 6.45) is 10.7. The van der Waals surface area contributed by atoms with Crippen molar-refractivity contribution >= 4 is 11.4 Å². The van der Waals surface area contributed by atoms with Crippen LogP contribution in [0.3, 0.4) is 0 Å². The molecule has 0 unspecified atom stereocenters. The molecule has 0 N–H and O–H groups in total. The van der Waals surface area contributed by atoms with E-state index >= 15 is 0 Å². The number of rotatable bonds is 3. The van der Waals surface area contributed by atoms with Crippen LogP contribution in [0.25, 0.3) is 0 Å². The summed E-state index contributed by atoms with van der Waals surface area (Å²) in [4.78, 5) is 3.98. The molecule has 0 saturated heterocycles. The van der Waals surface area contributed by atoms with Crippen molar-refractivity contribution in [2.45, 2.75) is 20.3 Å². The van der Waals surface area contributed by atoms with Gasteiger partial charge in [-0.05, 0) is 38.0 Å². The molecule has 0 amide bonds. The minimum absolute atomic E-state index is 0.901. The number of hydrogen-bond acceptors (Lipinski definition) is 3. The molecule has 0 aromatic carbocycles. The number of hydrogen-bond donors (Lipinski definition) is 0. The molecule has 0 aliphatic heterocycles. The minimum atomic E-state index is 0.901. The zero-order valence-electron chi connectivity index (χ0n) is 10.1. The molecular weight excluding hydrogens is 210 g/mol. The van der Waals surface area contributed by atoms with Crippen LogP contribution in [0.1, 0.15) is 25.8 Å². The van der Waals surface area contributed by atoms with E-state index in [-0.39, 0.29) is 0 Å². The highest BCUT2D eigenvalue weighted by Gasteiger charge is 2.02. The van der Waals surface area contributed by atoms with Crippen LogP contribution >= 0.6 is 0 Å². The van der Waals surface area contributed by atoms with Crippen LogP contribution in [0.15, 0.2) is 58.5 Å². The first-order chi connectivity index (χ1) is 8.27. The predicted molar refractivity (Wildman–Crippen MR) is 71.4 cm³/mol. The van der Waals surface area contributed by atoms with E-state index in [2.05, 4.69) is 27.3 Å². The van der Waals surface area contributed by atoms with Crippen molar-refractivity contribution in [2.24, 2.45) is 10.2 Å². The number of nitrogens with zero attached hydrogens (tertiary/aromatic N) is 3. The summed E-state index contributed by atoms with van der Waals surface area (Å²) < 4.78 is 0. The monoisotopic (exact) mass is 225 g/mol. The fraction of sp³-hybridized carbons (Fsp3) is 0.214. The second-order valence-corrected chi connectivity index (χ2v) is 3.93. The first-order valence-corrected chi connectivity index (χ1v) is 5.62. The maximum Gasteiger partial charge on any atom is 0.0673 e. The molecule has 1 aliphatic carbocycles. The SMILES string of the molecule is C/C(=N\N=C(/C)c1ccncc1)C1=CC=CC1. The van der Waals surface area contributed by atoms with Crippen molar-refractivity contribution in [1.29, 1.82) is 0 Å². The van der Waals surface area contributed by atoms with E-state index in [0.717, 1.165) is 23.4 Å². The predicted octanol–water partition coefficient (Wildman–Crippen LogP) is 3.15. The molecule has 0 spiro atoms. The van der Waals surface area contributed by atoms with E-state index in [4.69, 9.17) is 0 Å². The summed E-state index contributed by atoms with van der Waals surface area (Å²) in [6.45, 7) is 3.94. The van der Waals surface area contributed by atoms with Crippen LogP contribution in [0, 0.1) is 0 Å². The van der Waals surface area contributed by atoms with Crippen molar-refractivity contribution in [3.8, 4) is 0 Å². The molecule has 3 heteroatoms. The largest absolute Gasteiger partial charge is 0.265 e. The van der Waals surface area contributed by atoms with E-state index in [0.29, 0.717) is 0 Å². The van der Waals surface area contributed by atoms with Gasteiger partial charge >= 0.3 is 0 Å². The fourth-order valence-electron chi connectivity index (χ4n) is 1.58. The van der Waals surface area contributed by atoms with Gasteiger partial charge in [-0.2, -0.15) is 10.2 Å². The molecule has 3 nitrogen and oxygen atoms in total. The van der Waals surface area contributed by atoms with Gasteiger partial charge in [0.05, 0.1) is 11.4 Å². The van der Waals surface area contributed by atoms with Crippen LogP contribution in [0.2, 0.25) is 0 Å². The fourth-order valence-corrected chi connectivity index (χ4v) is 1.58. The summed E-state index contributed by atoms with van der Waals surface area (Å²) in [5.41, 5.74) is 4.16. The standard InChI is InChI=1S/C14H15N3/c1-11(13-5-3-4-6-13)16-17-12(2)14-7-9-15-10-8-14/h3-5,7-10H,6H2,1-2H3/b16-11+,17-12+. The van der Waals surface area contributed by atoms with Gasteiger partial charge in [0, 0.05) is 18.0 Å². The summed E-state index contributed by atoms with van der Waals surface area (Å²) in [6, 6.07) is 3.86. The molecule has 86 valence electrons. The lowest BCUT2D eigenvalue weighted by Crippen LogP contribution is -1.97. The van der Waals surface area contributed by atoms with Crippen molar-refractivity contribution in [1.82, 2.24) is 4.98 Å². The molecule has 17 heavy (non-hydrogen) atoms. The normalized spacial score (nSPS) is 16.2. The Morgan fingerprint density at radius 3 is 2.47 bits per heavy atom. The van der Waals surface area contributed by atoms with Crippen LogP contribution in [0.4, 0.5) is 0 Å². The molecule has 0 bridgehead atoms. The van der Waals surface area contributed by atoms with E-state index in [1.165, 1.54) is 5.57 Å². The average molecular weight is 225 g/mol. The highest BCUT2D eigenvalue weighted by atomic mass is 15.2. The third kappa shape index (κ3) is 2.97. The number of allylic oxidation sites excluding steroid dienone is 4. The minimum Gasteiger partial charge on any atom is -0.265 e. The maximum atomic E-state index is 4.26. The third-order valence-corrected chi connectivity index (χ3v) is 2.68. The zero-order valence-corrected chi connectivity index (χ0v) is 10.1. The molecule has 1 aliphatic rings. The Morgan fingerprint density at radius 1 is 1.12 bits per heavy atom. The quantitative estimate of drug-likeness (QED) is 0.575. The first-order valence-electron chi connectivity index (χ1n) is 5.62. The Kier molecular flexibility index (Phi) is 3.60. The van der Waals surface area contributed by atoms with Crippen molar-refractivity contribution in [3.63, 3.8) is 0 Å². The van der Waals surface area contributed by atoms with Gasteiger partial charge in [0.25, 0.3) is 0 Å². The molecule has 0 saturated carbocycles. The molecule has 2 rings (SSSR count). The van der Waals surface area contributed by atoms with Crippen molar-refractivity contribution < 1.29 is 0 Å². The zero-order chi connectivity index (χ0) is 12.1. The number of aromatic nitrogens is 1. The molecular formula is C14H15N3. The Bertz CT molecular complexity index is 508. The van der Waals surface area contributed by atoms with Gasteiger partial charge < -0.3 is 0 Å². The summed E-state index contributed by atoms with van der Waals surface area (Å²) in [7, 11) is 0. The van der Waals surface area contributed by atoms with E-state index in [1.807, 2.05) is 32.1 Å². The van der Waals surface area contributed by atoms with Gasteiger partial charge in [0.15, 0.2) is 0 Å². The average Bonchev–Trinajstić information content (AvgIpc) is 2.90. The molecule has 0 atom stereocenters. The van der Waals surface area contributed by atoms with Gasteiger partial charge in [-0.3, -0.25) is 4.98 Å². The summed E-state index contributed by atoms with van der Waals surface area (Å²) >= 11 is 0. The third-order valence-electron chi connectivity index (χ3n) is 2.68. The van der Waals surface area contributed by atoms with Crippen molar-refractivity contribution in [3.05, 3.63) is 53.9 Å². The lowest BCUT2D eigenvalue weighted by Gasteiger charge is -1.99. The molecule has 0 fully saturated rings. The summed E-state index contributed by atoms with van der Waals surface area (Å²) in [5.74, 6) is 0. The van der Waals surface area contributed by atoms with Gasteiger partial charge in [-0.15, -0.1) is 0 Å². The van der Waals surface area contributed by atoms with Gasteiger partial charge in [-0.25, -0.2) is 0 Å². The number of pyridine rings is 1. The second kappa shape index (κ2) is 5.34. The molecule has 0 radical (unpaired) electrons.